The molecule has 14 nitrogen and oxygen atoms in total. The van der Waals surface area contributed by atoms with E-state index in [0.29, 0.717) is 11.9 Å². The first kappa shape index (κ1) is 47.8. The van der Waals surface area contributed by atoms with Crippen LogP contribution in [-0.4, -0.2) is 107 Å². The summed E-state index contributed by atoms with van der Waals surface area (Å²) in [6, 6.07) is 15.8. The number of rotatable bonds is 10. The fraction of sp³-hybridized carbons (Fsp3) is 0.442. The monoisotopic (exact) mass is 914 g/mol. The number of nitrogens with zero attached hydrogens (tertiary/aromatic N) is 4. The number of ether oxygens (including phenoxy) is 2. The van der Waals surface area contributed by atoms with Gasteiger partial charge in [-0.3, -0.25) is 9.59 Å². The molecule has 0 spiro atoms. The van der Waals surface area contributed by atoms with Gasteiger partial charge in [-0.05, 0) is 52.1 Å². The Bertz CT molecular complexity index is 2450. The molecule has 4 unspecified atom stereocenters. The summed E-state index contributed by atoms with van der Waals surface area (Å²) in [4.78, 5) is 70.8. The molecule has 19 heteroatoms. The maximum absolute atomic E-state index is 14.8. The summed E-state index contributed by atoms with van der Waals surface area (Å²) in [6.07, 6.45) is 0.163. The van der Waals surface area contributed by atoms with Crippen molar-refractivity contribution >= 4 is 78.7 Å². The van der Waals surface area contributed by atoms with Gasteiger partial charge in [0.25, 0.3) is 5.92 Å². The molecule has 2 saturated heterocycles. The summed E-state index contributed by atoms with van der Waals surface area (Å²) in [5.74, 6) is -3.46. The van der Waals surface area contributed by atoms with Crippen molar-refractivity contribution in [3.63, 3.8) is 0 Å². The maximum atomic E-state index is 14.8. The Morgan fingerprint density at radius 1 is 0.790 bits per heavy atom. The van der Waals surface area contributed by atoms with E-state index in [2.05, 4.69) is 49.5 Å². The predicted molar refractivity (Wildman–Crippen MR) is 240 cm³/mol. The number of halogens is 4. The lowest BCUT2D eigenvalue weighted by Gasteiger charge is -2.30. The molecule has 5 aromatic rings. The number of carbonyl (C=O) groups is 4. The number of alkyl halides is 2. The van der Waals surface area contributed by atoms with Crippen molar-refractivity contribution in [3.05, 3.63) is 72.4 Å². The minimum atomic E-state index is -3.13. The largest absolute Gasteiger partial charge is 0.453 e. The highest BCUT2D eigenvalue weighted by Gasteiger charge is 2.50. The minimum Gasteiger partial charge on any atom is -0.453 e. The van der Waals surface area contributed by atoms with E-state index in [4.69, 9.17) is 9.72 Å². The Morgan fingerprint density at radius 2 is 1.37 bits per heavy atom. The normalized spacial score (nSPS) is 18.9. The van der Waals surface area contributed by atoms with Crippen LogP contribution in [0.1, 0.15) is 57.8 Å². The molecule has 2 fully saturated rings. The zero-order valence-electron chi connectivity index (χ0n) is 35.9. The van der Waals surface area contributed by atoms with Gasteiger partial charge in [-0.2, -0.15) is 0 Å². The Kier molecular flexibility index (Phi) is 14.3. The number of aromatic amines is 2. The Balaban J connectivity index is 0.00000363. The van der Waals surface area contributed by atoms with Crippen LogP contribution in [0.2, 0.25) is 19.1 Å². The molecule has 7 rings (SSSR count). The Hall–Kier alpha value is -5.26. The topological polar surface area (TPSA) is 175 Å². The van der Waals surface area contributed by atoms with Crippen LogP contribution < -0.4 is 10.6 Å². The quantitative estimate of drug-likeness (QED) is 0.101. The molecular weight excluding hydrogens is 862 g/mol. The number of nitrogens with one attached hydrogen (secondary N) is 4. The summed E-state index contributed by atoms with van der Waals surface area (Å²) in [5, 5.41) is 7.17. The first-order valence-electron chi connectivity index (χ1n) is 20.1. The molecule has 2 aliphatic heterocycles. The number of aromatic nitrogens is 4. The van der Waals surface area contributed by atoms with Gasteiger partial charge in [0.15, 0.2) is 0 Å². The van der Waals surface area contributed by atoms with E-state index in [0.717, 1.165) is 55.3 Å². The number of fused-ring (bicyclic) bond motifs is 3. The molecule has 0 aliphatic carbocycles. The van der Waals surface area contributed by atoms with Crippen molar-refractivity contribution in [1.82, 2.24) is 40.4 Å². The van der Waals surface area contributed by atoms with Gasteiger partial charge in [-0.1, -0.05) is 83.3 Å². The van der Waals surface area contributed by atoms with Gasteiger partial charge in [0.05, 0.1) is 63.8 Å². The van der Waals surface area contributed by atoms with Crippen LogP contribution in [0.4, 0.5) is 18.4 Å². The summed E-state index contributed by atoms with van der Waals surface area (Å²) >= 11 is 0. The first-order valence-corrected chi connectivity index (χ1v) is 23.6. The fourth-order valence-corrected chi connectivity index (χ4v) is 11.3. The van der Waals surface area contributed by atoms with E-state index in [9.17, 15) is 28.0 Å². The second-order valence-corrected chi connectivity index (χ2v) is 22.4. The zero-order valence-corrected chi connectivity index (χ0v) is 38.5. The summed E-state index contributed by atoms with van der Waals surface area (Å²) in [6.45, 7) is 11.0. The summed E-state index contributed by atoms with van der Waals surface area (Å²) in [5.41, 5.74) is 5.01. The number of alkyl carbamates (subject to hydrolysis) is 2. The first-order chi connectivity index (χ1) is 28.4. The molecule has 0 bridgehead atoms. The number of benzene rings is 3. The molecule has 4 N–H and O–H groups in total. The van der Waals surface area contributed by atoms with Crippen molar-refractivity contribution in [3.8, 4) is 22.4 Å². The van der Waals surface area contributed by atoms with E-state index in [1.165, 1.54) is 14.2 Å². The van der Waals surface area contributed by atoms with Crippen molar-refractivity contribution in [2.45, 2.75) is 83.3 Å². The smallest absolute Gasteiger partial charge is 0.407 e. The molecule has 0 saturated carbocycles. The third-order valence-electron chi connectivity index (χ3n) is 11.6. The van der Waals surface area contributed by atoms with Crippen LogP contribution in [0.15, 0.2) is 60.8 Å². The number of H-pyrrole nitrogens is 2. The fourth-order valence-electron chi connectivity index (χ4n) is 8.45. The van der Waals surface area contributed by atoms with E-state index >= 15 is 0 Å². The number of methoxy groups -OCH3 is 2. The Morgan fingerprint density at radius 3 is 1.97 bits per heavy atom. The van der Waals surface area contributed by atoms with Crippen molar-refractivity contribution < 1.29 is 37.4 Å². The lowest BCUT2D eigenvalue weighted by Crippen LogP contribution is -2.52. The van der Waals surface area contributed by atoms with Gasteiger partial charge in [-0.15, -0.1) is 24.8 Å². The second-order valence-electron chi connectivity index (χ2n) is 17.4. The molecular formula is C43H54Cl2F2N8O6Si. The van der Waals surface area contributed by atoms with E-state index in [-0.39, 0.29) is 54.4 Å². The minimum absolute atomic E-state index is 0. The number of hydrogen-bond donors (Lipinski definition) is 4. The highest BCUT2D eigenvalue weighted by Crippen LogP contribution is 2.42. The second kappa shape index (κ2) is 18.6. The van der Waals surface area contributed by atoms with E-state index in [1.54, 1.807) is 20.0 Å². The lowest BCUT2D eigenvalue weighted by atomic mass is 9.99. The average Bonchev–Trinajstić information content (AvgIpc) is 4.01. The van der Waals surface area contributed by atoms with Gasteiger partial charge in [0, 0.05) is 18.0 Å². The standard InChI is InChI=1S/C43H52F2N8O6Si.2ClH/c1-23(2)34(50-41(56)58-5)39(54)52-21-43(44,45)18-32(52)37-46-19-31(48-37)26-11-9-25(10-12-26)27-13-15-29-28(17-27)14-16-30-36(29)49-38(47-30)33-20-60(7,8)22-53(33)40(55)35(24(3)4)51-42(57)59-6;;/h9-17,19,23-24,32-35H,18,20-22H2,1-8H3,(H,46,48)(H,47,49)(H,50,56)(H,51,57);2*1H. The van der Waals surface area contributed by atoms with Crippen molar-refractivity contribution in [2.24, 2.45) is 11.8 Å². The van der Waals surface area contributed by atoms with Crippen molar-refractivity contribution in [1.29, 1.82) is 0 Å². The molecule has 62 heavy (non-hydrogen) atoms. The molecule has 334 valence electrons. The van der Waals surface area contributed by atoms with Crippen molar-refractivity contribution in [2.75, 3.05) is 26.9 Å². The van der Waals surface area contributed by atoms with E-state index in [1.807, 2.05) is 67.3 Å². The number of amides is 4. The molecule has 2 aromatic heterocycles. The highest BCUT2D eigenvalue weighted by atomic mass is 35.5. The summed E-state index contributed by atoms with van der Waals surface area (Å²) < 4.78 is 39.1. The van der Waals surface area contributed by atoms with Crippen LogP contribution in [-0.2, 0) is 19.1 Å². The average molecular weight is 916 g/mol. The van der Waals surface area contributed by atoms with Crippen LogP contribution in [0, 0.1) is 11.8 Å². The predicted octanol–water partition coefficient (Wildman–Crippen LogP) is 8.42. The molecule has 4 amide bonds. The SMILES string of the molecule is COC(=O)NC(C(=O)N1CC(F)(F)CC1c1ncc(-c2ccc(-c3ccc4c(ccc5[nH]c(C6C[Si](C)(C)CN6C(=O)C(NC(=O)OC)C(C)C)nc54)c3)cc2)[nH]1)C(C)C.Cl.Cl. The molecule has 4 heterocycles. The molecule has 2 aliphatic rings. The molecule has 3 aromatic carbocycles. The zero-order chi connectivity index (χ0) is 43.3. The number of likely N-dealkylation sites (tertiary alicyclic amines) is 1. The van der Waals surface area contributed by atoms with Crippen LogP contribution >= 0.6 is 24.8 Å². The highest BCUT2D eigenvalue weighted by molar-refractivity contribution is 6.78. The maximum Gasteiger partial charge on any atom is 0.407 e. The lowest BCUT2D eigenvalue weighted by molar-refractivity contribution is -0.137. The van der Waals surface area contributed by atoms with Crippen LogP contribution in [0.3, 0.4) is 0 Å². The van der Waals surface area contributed by atoms with Gasteiger partial charge in [0.2, 0.25) is 11.8 Å². The van der Waals surface area contributed by atoms with Gasteiger partial charge in [-0.25, -0.2) is 28.3 Å². The van der Waals surface area contributed by atoms with Gasteiger partial charge >= 0.3 is 12.2 Å². The Labute approximate surface area is 372 Å². The van der Waals surface area contributed by atoms with Gasteiger partial charge in [0.1, 0.15) is 23.7 Å². The molecule has 0 radical (unpaired) electrons. The molecule has 4 atom stereocenters. The number of carbonyl (C=O) groups excluding carboxylic acids is 4. The number of hydrogen-bond acceptors (Lipinski definition) is 8. The third kappa shape index (κ3) is 9.69. The van der Waals surface area contributed by atoms with E-state index < -0.39 is 63.2 Å². The van der Waals surface area contributed by atoms with Crippen LogP contribution in [0.5, 0.6) is 0 Å². The van der Waals surface area contributed by atoms with Gasteiger partial charge < -0.3 is 39.9 Å². The third-order valence-corrected chi connectivity index (χ3v) is 14.3. The number of imidazole rings is 2. The summed E-state index contributed by atoms with van der Waals surface area (Å²) in [7, 11) is 0.654. The van der Waals surface area contributed by atoms with Crippen LogP contribution in [0.25, 0.3) is 44.2 Å².